The summed E-state index contributed by atoms with van der Waals surface area (Å²) in [7, 11) is 0. The van der Waals surface area contributed by atoms with E-state index >= 15 is 0 Å². The van der Waals surface area contributed by atoms with E-state index in [2.05, 4.69) is 5.32 Å². The van der Waals surface area contributed by atoms with Gasteiger partial charge in [0.2, 0.25) is 11.8 Å². The van der Waals surface area contributed by atoms with Crippen LogP contribution in [0.4, 0.5) is 5.69 Å². The summed E-state index contributed by atoms with van der Waals surface area (Å²) >= 11 is 7.38. The molecule has 168 valence electrons. The molecule has 0 saturated carbocycles. The van der Waals surface area contributed by atoms with Gasteiger partial charge in [0.15, 0.2) is 0 Å². The van der Waals surface area contributed by atoms with Crippen LogP contribution in [0.15, 0.2) is 64.2 Å². The van der Waals surface area contributed by atoms with Crippen LogP contribution in [0.5, 0.6) is 0 Å². The van der Waals surface area contributed by atoms with E-state index in [0.29, 0.717) is 38.6 Å². The summed E-state index contributed by atoms with van der Waals surface area (Å²) in [5.41, 5.74) is 5.20. The molecule has 3 N–H and O–H groups in total. The Labute approximate surface area is 196 Å². The second-order valence-corrected chi connectivity index (χ2v) is 8.82. The van der Waals surface area contributed by atoms with Crippen molar-refractivity contribution in [3.63, 3.8) is 0 Å². The first-order valence-corrected chi connectivity index (χ1v) is 11.2. The summed E-state index contributed by atoms with van der Waals surface area (Å²) in [5, 5.41) is 3.43. The highest BCUT2D eigenvalue weighted by Crippen LogP contribution is 2.23. The highest BCUT2D eigenvalue weighted by molar-refractivity contribution is 7.18. The number of fused-ring (bicyclic) bond motifs is 1. The van der Waals surface area contributed by atoms with E-state index in [9.17, 15) is 19.2 Å². The number of carbonyl (C=O) groups excluding carboxylic acids is 2. The monoisotopic (exact) mass is 482 g/mol. The van der Waals surface area contributed by atoms with Crippen molar-refractivity contribution in [1.29, 1.82) is 0 Å². The van der Waals surface area contributed by atoms with E-state index in [-0.39, 0.29) is 6.54 Å². The number of hydrogen-bond donors (Lipinski definition) is 2. The van der Waals surface area contributed by atoms with Crippen molar-refractivity contribution in [2.75, 3.05) is 5.32 Å². The Morgan fingerprint density at radius 1 is 1.09 bits per heavy atom. The molecule has 0 aliphatic heterocycles. The lowest BCUT2D eigenvalue weighted by Crippen LogP contribution is -2.40. The fourth-order valence-electron chi connectivity index (χ4n) is 3.42. The fraction of sp³-hybridized carbons (Fsp3) is 0.130. The largest absolute Gasteiger partial charge is 0.366 e. The molecule has 4 aromatic rings. The first-order valence-electron chi connectivity index (χ1n) is 10.0. The van der Waals surface area contributed by atoms with Crippen molar-refractivity contribution >= 4 is 50.7 Å². The molecule has 0 radical (unpaired) electrons. The molecule has 8 nitrogen and oxygen atoms in total. The van der Waals surface area contributed by atoms with Crippen molar-refractivity contribution in [3.05, 3.63) is 90.9 Å². The topological polar surface area (TPSA) is 116 Å². The third-order valence-electron chi connectivity index (χ3n) is 5.03. The number of nitrogens with two attached hydrogens (primary N) is 1. The Hall–Kier alpha value is -3.69. The first-order chi connectivity index (χ1) is 15.8. The van der Waals surface area contributed by atoms with Gasteiger partial charge in [-0.1, -0.05) is 24.6 Å². The Morgan fingerprint density at radius 2 is 1.82 bits per heavy atom. The number of aryl methyl sites for hydroxylation is 1. The van der Waals surface area contributed by atoms with Gasteiger partial charge in [0.1, 0.15) is 11.4 Å². The van der Waals surface area contributed by atoms with Crippen LogP contribution in [-0.2, 0) is 17.8 Å². The number of halogens is 1. The number of rotatable bonds is 6. The molecule has 0 aliphatic carbocycles. The minimum atomic E-state index is -0.640. The number of aromatic nitrogens is 2. The second-order valence-electron chi connectivity index (χ2n) is 7.26. The van der Waals surface area contributed by atoms with E-state index in [1.165, 1.54) is 34.1 Å². The third kappa shape index (κ3) is 4.46. The minimum Gasteiger partial charge on any atom is -0.366 e. The zero-order valence-electron chi connectivity index (χ0n) is 17.5. The van der Waals surface area contributed by atoms with Crippen molar-refractivity contribution in [3.8, 4) is 5.69 Å². The van der Waals surface area contributed by atoms with Gasteiger partial charge in [0.05, 0.1) is 11.1 Å². The van der Waals surface area contributed by atoms with Gasteiger partial charge in [-0.15, -0.1) is 11.3 Å². The molecule has 2 amide bonds. The van der Waals surface area contributed by atoms with Crippen LogP contribution in [0.1, 0.15) is 22.2 Å². The maximum atomic E-state index is 13.4. The smallest absolute Gasteiger partial charge is 0.337 e. The number of hydrogen-bond acceptors (Lipinski definition) is 5. The maximum absolute atomic E-state index is 13.4. The molecule has 0 aliphatic rings. The van der Waals surface area contributed by atoms with Crippen molar-refractivity contribution in [1.82, 2.24) is 9.13 Å². The van der Waals surface area contributed by atoms with Gasteiger partial charge in [-0.05, 0) is 55.0 Å². The summed E-state index contributed by atoms with van der Waals surface area (Å²) in [6.07, 6.45) is 0.683. The summed E-state index contributed by atoms with van der Waals surface area (Å²) in [4.78, 5) is 51.9. The number of thiophene rings is 1. The van der Waals surface area contributed by atoms with E-state index < -0.39 is 23.1 Å². The van der Waals surface area contributed by atoms with Crippen LogP contribution in [0, 0.1) is 0 Å². The van der Waals surface area contributed by atoms with E-state index in [0.717, 1.165) is 9.44 Å². The average Bonchev–Trinajstić information content (AvgIpc) is 3.22. The molecule has 0 saturated heterocycles. The molecule has 0 atom stereocenters. The lowest BCUT2D eigenvalue weighted by molar-refractivity contribution is -0.116. The summed E-state index contributed by atoms with van der Waals surface area (Å²) in [6, 6.07) is 14.2. The highest BCUT2D eigenvalue weighted by Gasteiger charge is 2.19. The number of anilines is 1. The molecule has 0 bridgehead atoms. The SMILES string of the molecule is CCc1cc2c(=O)n(-c3cccc(Cl)c3)c(=O)n(CC(=O)Nc3ccc(C(N)=O)cc3)c2s1. The Balaban J connectivity index is 1.78. The first kappa shape index (κ1) is 22.5. The van der Waals surface area contributed by atoms with Gasteiger partial charge in [0, 0.05) is 21.2 Å². The molecule has 0 fully saturated rings. The molecule has 0 spiro atoms. The number of amides is 2. The van der Waals surface area contributed by atoms with E-state index in [1.807, 2.05) is 6.92 Å². The van der Waals surface area contributed by atoms with Crippen LogP contribution in [-0.4, -0.2) is 20.9 Å². The van der Waals surface area contributed by atoms with Crippen molar-refractivity contribution < 1.29 is 9.59 Å². The molecular formula is C23H19ClN4O4S. The van der Waals surface area contributed by atoms with Crippen molar-refractivity contribution in [2.24, 2.45) is 5.73 Å². The molecule has 33 heavy (non-hydrogen) atoms. The van der Waals surface area contributed by atoms with Crippen LogP contribution < -0.4 is 22.3 Å². The Kier molecular flexibility index (Phi) is 6.17. The summed E-state index contributed by atoms with van der Waals surface area (Å²) in [5.74, 6) is -1.04. The lowest BCUT2D eigenvalue weighted by atomic mass is 10.2. The zero-order chi connectivity index (χ0) is 23.7. The second kappa shape index (κ2) is 9.05. The number of nitrogens with one attached hydrogen (secondary N) is 1. The minimum absolute atomic E-state index is 0.308. The quantitative estimate of drug-likeness (QED) is 0.439. The zero-order valence-corrected chi connectivity index (χ0v) is 19.1. The van der Waals surface area contributed by atoms with E-state index in [1.54, 1.807) is 36.4 Å². The molecule has 4 rings (SSSR count). The molecular weight excluding hydrogens is 464 g/mol. The maximum Gasteiger partial charge on any atom is 0.337 e. The predicted molar refractivity (Wildman–Crippen MR) is 130 cm³/mol. The third-order valence-corrected chi connectivity index (χ3v) is 6.57. The molecule has 0 unspecified atom stereocenters. The normalized spacial score (nSPS) is 11.0. The number of carbonyl (C=O) groups is 2. The Morgan fingerprint density at radius 3 is 2.45 bits per heavy atom. The molecule has 2 heterocycles. The van der Waals surface area contributed by atoms with Crippen LogP contribution >= 0.6 is 22.9 Å². The van der Waals surface area contributed by atoms with Gasteiger partial charge in [0.25, 0.3) is 5.56 Å². The fourth-order valence-corrected chi connectivity index (χ4v) is 4.68. The highest BCUT2D eigenvalue weighted by atomic mass is 35.5. The van der Waals surface area contributed by atoms with Crippen LogP contribution in [0.3, 0.4) is 0 Å². The number of primary amides is 1. The summed E-state index contributed by atoms with van der Waals surface area (Å²) < 4.78 is 2.31. The van der Waals surface area contributed by atoms with Crippen molar-refractivity contribution in [2.45, 2.75) is 19.9 Å². The van der Waals surface area contributed by atoms with Gasteiger partial charge >= 0.3 is 5.69 Å². The van der Waals surface area contributed by atoms with Gasteiger partial charge in [-0.3, -0.25) is 19.0 Å². The van der Waals surface area contributed by atoms with Crippen LogP contribution in [0.2, 0.25) is 5.02 Å². The lowest BCUT2D eigenvalue weighted by Gasteiger charge is -2.12. The molecule has 2 aromatic carbocycles. The Bertz CT molecular complexity index is 1500. The predicted octanol–water partition coefficient (Wildman–Crippen LogP) is 3.17. The van der Waals surface area contributed by atoms with Gasteiger partial charge in [-0.25, -0.2) is 9.36 Å². The average molecular weight is 483 g/mol. The van der Waals surface area contributed by atoms with Gasteiger partial charge in [-0.2, -0.15) is 0 Å². The number of nitrogens with zero attached hydrogens (tertiary/aromatic N) is 2. The van der Waals surface area contributed by atoms with Gasteiger partial charge < -0.3 is 11.1 Å². The number of benzene rings is 2. The molecule has 2 aromatic heterocycles. The van der Waals surface area contributed by atoms with E-state index in [4.69, 9.17) is 17.3 Å². The standard InChI is InChI=1S/C23H19ClN4O4S/c1-2-17-11-18-21(31)28(16-5-3-4-14(24)10-16)23(32)27(22(18)33-17)12-19(29)26-15-8-6-13(7-9-15)20(25)30/h3-11H,2,12H2,1H3,(H2,25,30)(H,26,29). The van der Waals surface area contributed by atoms with Crippen LogP contribution in [0.25, 0.3) is 15.9 Å². The molecule has 10 heteroatoms. The summed E-state index contributed by atoms with van der Waals surface area (Å²) in [6.45, 7) is 1.64.